The number of nitrogens with zero attached hydrogens (tertiary/aromatic N) is 2. The van der Waals surface area contributed by atoms with Gasteiger partial charge in [0.25, 0.3) is 0 Å². The summed E-state index contributed by atoms with van der Waals surface area (Å²) in [5.74, 6) is -0.262. The second kappa shape index (κ2) is 12.6. The highest BCUT2D eigenvalue weighted by molar-refractivity contribution is 7.89. The summed E-state index contributed by atoms with van der Waals surface area (Å²) in [5.41, 5.74) is 2.53. The summed E-state index contributed by atoms with van der Waals surface area (Å²) in [5, 5.41) is 0. The number of ether oxygens (including phenoxy) is 1. The maximum absolute atomic E-state index is 13.1. The number of hydrogen-bond donors (Lipinski definition) is 1. The number of rotatable bonds is 12. The number of sulfonamides is 1. The Hall–Kier alpha value is -3.07. The second-order valence-electron chi connectivity index (χ2n) is 8.65. The third kappa shape index (κ3) is 7.71. The predicted molar refractivity (Wildman–Crippen MR) is 136 cm³/mol. The zero-order valence-corrected chi connectivity index (χ0v) is 21.2. The minimum Gasteiger partial charge on any atom is -0.465 e. The van der Waals surface area contributed by atoms with Gasteiger partial charge in [-0.05, 0) is 47.4 Å². The average molecular weight is 496 g/mol. The van der Waals surface area contributed by atoms with Crippen molar-refractivity contribution in [3.63, 3.8) is 0 Å². The molecule has 2 unspecified atom stereocenters. The zero-order chi connectivity index (χ0) is 25.3. The summed E-state index contributed by atoms with van der Waals surface area (Å²) in [6.07, 6.45) is 4.38. The van der Waals surface area contributed by atoms with Crippen LogP contribution in [0.2, 0.25) is 0 Å². The minimum absolute atomic E-state index is 0.117. The molecule has 0 aliphatic rings. The molecule has 0 spiro atoms. The first-order valence-electron chi connectivity index (χ1n) is 11.7. The number of aromatic nitrogens is 1. The maximum Gasteiger partial charge on any atom is 0.337 e. The lowest BCUT2D eigenvalue weighted by Gasteiger charge is -2.31. The number of hydrogen-bond acceptors (Lipinski definition) is 6. The van der Waals surface area contributed by atoms with Gasteiger partial charge in [-0.25, -0.2) is 17.9 Å². The molecule has 3 rings (SSSR count). The first-order valence-corrected chi connectivity index (χ1v) is 13.2. The van der Waals surface area contributed by atoms with Crippen molar-refractivity contribution < 1.29 is 17.9 Å². The molecule has 35 heavy (non-hydrogen) atoms. The van der Waals surface area contributed by atoms with E-state index in [-0.39, 0.29) is 22.8 Å². The van der Waals surface area contributed by atoms with E-state index in [1.807, 2.05) is 30.5 Å². The summed E-state index contributed by atoms with van der Waals surface area (Å²) < 4.78 is 34.0. The third-order valence-electron chi connectivity index (χ3n) is 6.06. The Kier molecular flexibility index (Phi) is 9.54. The fourth-order valence-corrected chi connectivity index (χ4v) is 5.18. The van der Waals surface area contributed by atoms with Crippen molar-refractivity contribution in [1.82, 2.24) is 14.6 Å². The molecule has 0 bridgehead atoms. The number of carbonyl (C=O) groups excluding carboxylic acids is 1. The molecule has 1 N–H and O–H groups in total. The molecule has 0 amide bonds. The van der Waals surface area contributed by atoms with Crippen LogP contribution in [0.4, 0.5) is 0 Å². The molecule has 3 aromatic rings. The highest BCUT2D eigenvalue weighted by Gasteiger charge is 2.26. The molecule has 7 nitrogen and oxygen atoms in total. The van der Waals surface area contributed by atoms with Crippen molar-refractivity contribution in [1.29, 1.82) is 0 Å². The van der Waals surface area contributed by atoms with Gasteiger partial charge in [0.05, 0.1) is 17.6 Å². The van der Waals surface area contributed by atoms with Crippen molar-refractivity contribution in [2.75, 3.05) is 13.7 Å². The van der Waals surface area contributed by atoms with Crippen molar-refractivity contribution in [3.05, 3.63) is 95.8 Å². The van der Waals surface area contributed by atoms with Crippen molar-refractivity contribution in [2.45, 2.75) is 44.3 Å². The number of esters is 1. The molecule has 1 heterocycles. The van der Waals surface area contributed by atoms with Gasteiger partial charge in [-0.1, -0.05) is 56.7 Å². The molecule has 0 saturated heterocycles. The van der Waals surface area contributed by atoms with Crippen LogP contribution >= 0.6 is 0 Å². The first kappa shape index (κ1) is 26.5. The lowest BCUT2D eigenvalue weighted by molar-refractivity contribution is 0.0600. The second-order valence-corrected chi connectivity index (χ2v) is 10.4. The van der Waals surface area contributed by atoms with Gasteiger partial charge in [0, 0.05) is 38.1 Å². The zero-order valence-electron chi connectivity index (χ0n) is 20.4. The lowest BCUT2D eigenvalue weighted by Crippen LogP contribution is -2.46. The largest absolute Gasteiger partial charge is 0.465 e. The fourth-order valence-electron chi connectivity index (χ4n) is 3.82. The van der Waals surface area contributed by atoms with E-state index in [4.69, 9.17) is 4.74 Å². The summed E-state index contributed by atoms with van der Waals surface area (Å²) in [6, 6.07) is 19.3. The Morgan fingerprint density at radius 1 is 1.00 bits per heavy atom. The smallest absolute Gasteiger partial charge is 0.337 e. The molecule has 0 aliphatic carbocycles. The van der Waals surface area contributed by atoms with Crippen molar-refractivity contribution in [2.24, 2.45) is 5.92 Å². The minimum atomic E-state index is -3.66. The molecule has 2 atom stereocenters. The Morgan fingerprint density at radius 2 is 1.69 bits per heavy atom. The summed E-state index contributed by atoms with van der Waals surface area (Å²) in [6.45, 7) is 5.81. The van der Waals surface area contributed by atoms with Gasteiger partial charge in [0.2, 0.25) is 10.0 Å². The van der Waals surface area contributed by atoms with Gasteiger partial charge in [0.1, 0.15) is 0 Å². The highest BCUT2D eigenvalue weighted by Crippen LogP contribution is 2.18. The molecular weight excluding hydrogens is 462 g/mol. The van der Waals surface area contributed by atoms with Gasteiger partial charge in [-0.3, -0.25) is 9.88 Å². The molecule has 0 aliphatic heterocycles. The van der Waals surface area contributed by atoms with Gasteiger partial charge in [0.15, 0.2) is 0 Å². The number of nitrogens with one attached hydrogen (secondary N) is 1. The summed E-state index contributed by atoms with van der Waals surface area (Å²) in [7, 11) is -2.31. The van der Waals surface area contributed by atoms with E-state index in [2.05, 4.69) is 28.5 Å². The van der Waals surface area contributed by atoms with E-state index in [1.54, 1.807) is 48.7 Å². The Bertz CT molecular complexity index is 1170. The SMILES string of the molecule is CCC(C)C(CN(Cc1ccc(C(=O)OC)cc1)Cc1cccnc1)NS(=O)(=O)c1ccccc1. The maximum atomic E-state index is 13.1. The van der Waals surface area contributed by atoms with Gasteiger partial charge in [-0.2, -0.15) is 0 Å². The average Bonchev–Trinajstić information content (AvgIpc) is 2.88. The summed E-state index contributed by atoms with van der Waals surface area (Å²) >= 11 is 0. The van der Waals surface area contributed by atoms with E-state index in [9.17, 15) is 13.2 Å². The third-order valence-corrected chi connectivity index (χ3v) is 7.56. The van der Waals surface area contributed by atoms with E-state index in [1.165, 1.54) is 7.11 Å². The molecule has 0 radical (unpaired) electrons. The van der Waals surface area contributed by atoms with Crippen LogP contribution in [0.1, 0.15) is 41.8 Å². The number of benzene rings is 2. The Morgan fingerprint density at radius 3 is 2.29 bits per heavy atom. The van der Waals surface area contributed by atoms with Crippen LogP contribution in [0, 0.1) is 5.92 Å². The number of carbonyl (C=O) groups is 1. The summed E-state index contributed by atoms with van der Waals surface area (Å²) in [4.78, 5) is 18.5. The van der Waals surface area contributed by atoms with Gasteiger partial charge >= 0.3 is 5.97 Å². The molecule has 0 saturated carbocycles. The monoisotopic (exact) mass is 495 g/mol. The molecule has 1 aromatic heterocycles. The van der Waals surface area contributed by atoms with E-state index in [0.717, 1.165) is 17.5 Å². The molecule has 2 aromatic carbocycles. The van der Waals surface area contributed by atoms with Crippen molar-refractivity contribution in [3.8, 4) is 0 Å². The van der Waals surface area contributed by atoms with Crippen LogP contribution in [0.3, 0.4) is 0 Å². The van der Waals surface area contributed by atoms with Crippen LogP contribution in [0.5, 0.6) is 0 Å². The normalized spacial score (nSPS) is 13.4. The Balaban J connectivity index is 1.84. The number of methoxy groups -OCH3 is 1. The van der Waals surface area contributed by atoms with Crippen LogP contribution in [0.15, 0.2) is 84.0 Å². The van der Waals surface area contributed by atoms with E-state index in [0.29, 0.717) is 25.2 Å². The van der Waals surface area contributed by atoms with Gasteiger partial charge in [-0.15, -0.1) is 0 Å². The molecular formula is C27H33N3O4S. The molecule has 0 fully saturated rings. The predicted octanol–water partition coefficient (Wildman–Crippen LogP) is 4.26. The Labute approximate surface area is 208 Å². The van der Waals surface area contributed by atoms with E-state index >= 15 is 0 Å². The number of pyridine rings is 1. The standard InChI is InChI=1S/C27H33N3O4S/c1-4-21(2)26(29-35(32,33)25-10-6-5-7-11-25)20-30(19-23-9-8-16-28-17-23)18-22-12-14-24(15-13-22)27(31)34-3/h5-17,21,26,29H,4,18-20H2,1-3H3. The van der Waals surface area contributed by atoms with Crippen LogP contribution in [-0.4, -0.2) is 44.0 Å². The molecule has 186 valence electrons. The first-order chi connectivity index (χ1) is 16.8. The van der Waals surface area contributed by atoms with E-state index < -0.39 is 10.0 Å². The van der Waals surface area contributed by atoms with Crippen LogP contribution in [0.25, 0.3) is 0 Å². The highest BCUT2D eigenvalue weighted by atomic mass is 32.2. The lowest BCUT2D eigenvalue weighted by atomic mass is 9.99. The van der Waals surface area contributed by atoms with Gasteiger partial charge < -0.3 is 4.74 Å². The van der Waals surface area contributed by atoms with Crippen molar-refractivity contribution >= 4 is 16.0 Å². The van der Waals surface area contributed by atoms with Crippen LogP contribution in [-0.2, 0) is 27.8 Å². The fraction of sp³-hybridized carbons (Fsp3) is 0.333. The van der Waals surface area contributed by atoms with Crippen LogP contribution < -0.4 is 4.72 Å². The topological polar surface area (TPSA) is 88.6 Å². The molecule has 8 heteroatoms. The quantitative estimate of drug-likeness (QED) is 0.378.